The number of benzene rings is 2. The van der Waals surface area contributed by atoms with Crippen molar-refractivity contribution in [2.45, 2.75) is 70.3 Å². The number of halogens is 1. The van der Waals surface area contributed by atoms with Crippen molar-refractivity contribution in [2.24, 2.45) is 18.9 Å². The zero-order valence-corrected chi connectivity index (χ0v) is 22.8. The Morgan fingerprint density at radius 2 is 1.92 bits per heavy atom. The van der Waals surface area contributed by atoms with Crippen molar-refractivity contribution in [2.75, 3.05) is 13.1 Å². The van der Waals surface area contributed by atoms with E-state index in [4.69, 9.17) is 0 Å². The summed E-state index contributed by atoms with van der Waals surface area (Å²) >= 11 is 0. The number of nitrogens with zero attached hydrogens (tertiary/aromatic N) is 4. The maximum Gasteiger partial charge on any atom is 0.155 e. The quantitative estimate of drug-likeness (QED) is 0.305. The molecule has 0 radical (unpaired) electrons. The van der Waals surface area contributed by atoms with Crippen LogP contribution in [0, 0.1) is 17.7 Å². The second kappa shape index (κ2) is 9.04. The van der Waals surface area contributed by atoms with Crippen LogP contribution < -0.4 is 0 Å². The van der Waals surface area contributed by atoms with Crippen LogP contribution in [0.3, 0.4) is 0 Å². The molecule has 3 aliphatic rings. The minimum atomic E-state index is -0.161. The van der Waals surface area contributed by atoms with Crippen LogP contribution in [0.4, 0.5) is 4.39 Å². The van der Waals surface area contributed by atoms with Crippen molar-refractivity contribution in [3.8, 4) is 11.1 Å². The summed E-state index contributed by atoms with van der Waals surface area (Å²) in [5.74, 6) is 2.77. The standard InChI is InChI=1S/C32H38FN5/c1-20-6-5-11-38(17-20)18-25-13-28-26(22-9-10-22)14-27(29(33)30(28)35-25)23-7-4-8-24(12-23)32(15-21(2)16-32)31-36-34-19-37(31)3/h4,7-8,12-14,19-22,35H,5-6,9-11,15-18H2,1-3H3/t20-,21?,32?/m0/s1. The molecule has 1 aliphatic heterocycles. The molecule has 3 fully saturated rings. The summed E-state index contributed by atoms with van der Waals surface area (Å²) in [5.41, 5.74) is 5.82. The molecule has 0 spiro atoms. The summed E-state index contributed by atoms with van der Waals surface area (Å²) in [7, 11) is 2.02. The zero-order chi connectivity index (χ0) is 26.0. The minimum Gasteiger partial charge on any atom is -0.355 e. The first-order valence-corrected chi connectivity index (χ1v) is 14.4. The van der Waals surface area contributed by atoms with E-state index in [-0.39, 0.29) is 11.2 Å². The van der Waals surface area contributed by atoms with Crippen LogP contribution >= 0.6 is 0 Å². The molecule has 4 aromatic rings. The molecule has 0 amide bonds. The van der Waals surface area contributed by atoms with Gasteiger partial charge < -0.3 is 9.55 Å². The van der Waals surface area contributed by atoms with E-state index in [1.165, 1.54) is 36.8 Å². The molecule has 7 rings (SSSR count). The Kier molecular flexibility index (Phi) is 5.73. The van der Waals surface area contributed by atoms with E-state index in [9.17, 15) is 0 Å². The average molecular weight is 512 g/mol. The molecule has 2 aromatic heterocycles. The van der Waals surface area contributed by atoms with E-state index in [0.717, 1.165) is 60.9 Å². The maximum atomic E-state index is 16.3. The molecule has 3 heterocycles. The fourth-order valence-electron chi connectivity index (χ4n) is 7.42. The number of H-pyrrole nitrogens is 1. The zero-order valence-electron chi connectivity index (χ0n) is 22.8. The maximum absolute atomic E-state index is 16.3. The second-order valence-corrected chi connectivity index (χ2v) is 12.6. The van der Waals surface area contributed by atoms with Crippen molar-refractivity contribution in [1.82, 2.24) is 24.6 Å². The Balaban J connectivity index is 1.29. The Labute approximate surface area is 224 Å². The van der Waals surface area contributed by atoms with Gasteiger partial charge in [0.25, 0.3) is 0 Å². The van der Waals surface area contributed by atoms with Crippen LogP contribution in [0.15, 0.2) is 42.7 Å². The fourth-order valence-corrected chi connectivity index (χ4v) is 7.42. The summed E-state index contributed by atoms with van der Waals surface area (Å²) in [6.45, 7) is 7.74. The van der Waals surface area contributed by atoms with E-state index < -0.39 is 0 Å². The molecule has 1 saturated heterocycles. The highest BCUT2D eigenvalue weighted by atomic mass is 19.1. The number of aromatic amines is 1. The van der Waals surface area contributed by atoms with E-state index in [2.05, 4.69) is 70.3 Å². The number of fused-ring (bicyclic) bond motifs is 1. The minimum absolute atomic E-state index is 0.130. The van der Waals surface area contributed by atoms with E-state index >= 15 is 4.39 Å². The Bertz CT molecular complexity index is 1490. The summed E-state index contributed by atoms with van der Waals surface area (Å²) in [6, 6.07) is 12.9. The lowest BCUT2D eigenvalue weighted by molar-refractivity contribution is 0.175. The van der Waals surface area contributed by atoms with E-state index in [1.54, 1.807) is 6.33 Å². The smallest absolute Gasteiger partial charge is 0.155 e. The molecule has 1 atom stereocenters. The molecule has 2 saturated carbocycles. The molecule has 2 aromatic carbocycles. The normalized spacial score (nSPS) is 26.1. The van der Waals surface area contributed by atoms with Gasteiger partial charge >= 0.3 is 0 Å². The Morgan fingerprint density at radius 1 is 1.08 bits per heavy atom. The first kappa shape index (κ1) is 24.1. The first-order chi connectivity index (χ1) is 18.4. The highest BCUT2D eigenvalue weighted by Gasteiger charge is 2.48. The SMILES string of the molecule is CC1CC(c2cccc(-c3cc(C4CC4)c4cc(CN5CCC[C@H](C)C5)[nH]c4c3F)c2)(c2nncn2C)C1. The van der Waals surface area contributed by atoms with Gasteiger partial charge in [0.2, 0.25) is 0 Å². The third kappa shape index (κ3) is 4.00. The summed E-state index contributed by atoms with van der Waals surface area (Å²) in [5, 5.41) is 9.77. The molecule has 1 N–H and O–H groups in total. The fraction of sp³-hybridized carbons (Fsp3) is 0.500. The predicted octanol–water partition coefficient (Wildman–Crippen LogP) is 6.93. The lowest BCUT2D eigenvalue weighted by atomic mass is 9.58. The van der Waals surface area contributed by atoms with Gasteiger partial charge in [-0.3, -0.25) is 4.90 Å². The number of piperidine rings is 1. The Hall–Kier alpha value is -2.99. The number of nitrogens with one attached hydrogen (secondary N) is 1. The number of hydrogen-bond donors (Lipinski definition) is 1. The molecule has 0 bridgehead atoms. The van der Waals surface area contributed by atoms with Crippen molar-refractivity contribution in [1.29, 1.82) is 0 Å². The van der Waals surface area contributed by atoms with Crippen LogP contribution in [0.1, 0.15) is 80.9 Å². The van der Waals surface area contributed by atoms with Crippen LogP contribution in [0.5, 0.6) is 0 Å². The summed E-state index contributed by atoms with van der Waals surface area (Å²) < 4.78 is 18.4. The lowest BCUT2D eigenvalue weighted by Crippen LogP contribution is -2.43. The number of aromatic nitrogens is 4. The monoisotopic (exact) mass is 511 g/mol. The van der Waals surface area contributed by atoms with Crippen molar-refractivity contribution in [3.05, 3.63) is 71.2 Å². The molecule has 198 valence electrons. The highest BCUT2D eigenvalue weighted by Crippen LogP contribution is 2.52. The van der Waals surface area contributed by atoms with Gasteiger partial charge in [0, 0.05) is 36.8 Å². The van der Waals surface area contributed by atoms with Gasteiger partial charge in [0.05, 0.1) is 10.9 Å². The lowest BCUT2D eigenvalue weighted by Gasteiger charge is -2.46. The molecular weight excluding hydrogens is 473 g/mol. The third-order valence-electron chi connectivity index (χ3n) is 9.35. The van der Waals surface area contributed by atoms with Crippen molar-refractivity contribution in [3.63, 3.8) is 0 Å². The van der Waals surface area contributed by atoms with Gasteiger partial charge in [0.1, 0.15) is 12.2 Å². The molecule has 5 nitrogen and oxygen atoms in total. The van der Waals surface area contributed by atoms with Crippen LogP contribution in [0.25, 0.3) is 22.0 Å². The van der Waals surface area contributed by atoms with Gasteiger partial charge in [-0.05, 0) is 91.6 Å². The average Bonchev–Trinajstić information content (AvgIpc) is 3.50. The molecular formula is C32H38FN5. The van der Waals surface area contributed by atoms with Crippen LogP contribution in [-0.4, -0.2) is 37.7 Å². The van der Waals surface area contributed by atoms with E-state index in [1.807, 2.05) is 11.6 Å². The Morgan fingerprint density at radius 3 is 2.63 bits per heavy atom. The van der Waals surface area contributed by atoms with Crippen LogP contribution in [0.2, 0.25) is 0 Å². The molecule has 6 heteroatoms. The summed E-state index contributed by atoms with van der Waals surface area (Å²) in [6.07, 6.45) is 8.79. The summed E-state index contributed by atoms with van der Waals surface area (Å²) in [4.78, 5) is 6.04. The van der Waals surface area contributed by atoms with Gasteiger partial charge in [-0.2, -0.15) is 0 Å². The van der Waals surface area contributed by atoms with Crippen molar-refractivity contribution < 1.29 is 4.39 Å². The van der Waals surface area contributed by atoms with Gasteiger partial charge in [-0.1, -0.05) is 38.1 Å². The second-order valence-electron chi connectivity index (χ2n) is 12.6. The molecule has 0 unspecified atom stereocenters. The first-order valence-electron chi connectivity index (χ1n) is 14.4. The largest absolute Gasteiger partial charge is 0.355 e. The number of aryl methyl sites for hydroxylation is 1. The predicted molar refractivity (Wildman–Crippen MR) is 150 cm³/mol. The highest BCUT2D eigenvalue weighted by molar-refractivity contribution is 5.90. The number of rotatable bonds is 6. The topological polar surface area (TPSA) is 49.7 Å². The van der Waals surface area contributed by atoms with E-state index in [0.29, 0.717) is 22.9 Å². The third-order valence-corrected chi connectivity index (χ3v) is 9.35. The van der Waals surface area contributed by atoms with Crippen LogP contribution in [-0.2, 0) is 19.0 Å². The molecule has 2 aliphatic carbocycles. The van der Waals surface area contributed by atoms with Gasteiger partial charge in [0.15, 0.2) is 5.82 Å². The number of hydrogen-bond acceptors (Lipinski definition) is 3. The van der Waals surface area contributed by atoms with Crippen molar-refractivity contribution >= 4 is 10.9 Å². The number of likely N-dealkylation sites (tertiary alicyclic amines) is 1. The van der Waals surface area contributed by atoms with Gasteiger partial charge in [-0.15, -0.1) is 10.2 Å². The van der Waals surface area contributed by atoms with Gasteiger partial charge in [-0.25, -0.2) is 4.39 Å². The molecule has 38 heavy (non-hydrogen) atoms.